The van der Waals surface area contributed by atoms with Crippen molar-refractivity contribution in [2.75, 3.05) is 10.6 Å². The van der Waals surface area contributed by atoms with Crippen LogP contribution >= 0.6 is 0 Å². The molecule has 0 saturated carbocycles. The number of carbonyl (C=O) groups excluding carboxylic acids is 2. The Hall–Kier alpha value is -1.58. The van der Waals surface area contributed by atoms with E-state index in [-0.39, 0.29) is 11.8 Å². The van der Waals surface area contributed by atoms with Crippen molar-refractivity contribution in [1.29, 1.82) is 0 Å². The average molecular weight is 454 g/mol. The molecule has 2 aromatic carbocycles. The fourth-order valence-corrected chi connectivity index (χ4v) is 8.65. The van der Waals surface area contributed by atoms with Gasteiger partial charge in [0.1, 0.15) is 0 Å². The summed E-state index contributed by atoms with van der Waals surface area (Å²) in [5.41, 5.74) is 4.23. The van der Waals surface area contributed by atoms with Gasteiger partial charge in [-0.05, 0) is 0 Å². The van der Waals surface area contributed by atoms with Crippen molar-refractivity contribution in [2.45, 2.75) is 24.5 Å². The van der Waals surface area contributed by atoms with E-state index in [1.165, 1.54) is 25.0 Å². The Bertz CT molecular complexity index is 658. The van der Waals surface area contributed by atoms with Crippen LogP contribution in [-0.4, -0.2) is 38.1 Å². The van der Waals surface area contributed by atoms with Crippen LogP contribution in [0.25, 0.3) is 0 Å². The fraction of sp³-hybridized carbons (Fsp3) is 0.222. The van der Waals surface area contributed by atoms with Gasteiger partial charge in [0.25, 0.3) is 0 Å². The molecule has 2 aromatic rings. The first-order valence-electron chi connectivity index (χ1n) is 7.51. The molecule has 6 heteroatoms. The molecule has 0 radical (unpaired) electrons. The van der Waals surface area contributed by atoms with Gasteiger partial charge in [0.15, 0.2) is 0 Å². The molecule has 0 aromatic heterocycles. The molecular formula is C18H20N2O2Se2. The van der Waals surface area contributed by atoms with Crippen molar-refractivity contribution in [3.63, 3.8) is 0 Å². The van der Waals surface area contributed by atoms with Crippen LogP contribution < -0.4 is 10.6 Å². The standard InChI is InChI=1S/C18H20N2O2Se2/c1-13(21)19-17-9-5-3-7-15(17)11-23-24-12-16-8-4-6-10-18(16)20-14(2)22/h3-10H,11-12H2,1-2H3,(H,19,21)(H,20,22). The first kappa shape index (κ1) is 18.8. The maximum absolute atomic E-state index is 11.3. The van der Waals surface area contributed by atoms with E-state index in [0.29, 0.717) is 26.3 Å². The molecule has 2 rings (SSSR count). The Labute approximate surface area is 153 Å². The van der Waals surface area contributed by atoms with Gasteiger partial charge in [0, 0.05) is 0 Å². The van der Waals surface area contributed by atoms with Crippen molar-refractivity contribution < 1.29 is 9.59 Å². The zero-order chi connectivity index (χ0) is 17.4. The molecule has 0 aliphatic rings. The minimum atomic E-state index is -0.0373. The van der Waals surface area contributed by atoms with Crippen LogP contribution in [0.2, 0.25) is 0 Å². The zero-order valence-electron chi connectivity index (χ0n) is 13.7. The predicted octanol–water partition coefficient (Wildman–Crippen LogP) is 2.63. The van der Waals surface area contributed by atoms with Crippen LogP contribution in [0.3, 0.4) is 0 Å². The molecule has 4 nitrogen and oxygen atoms in total. The van der Waals surface area contributed by atoms with E-state index in [0.717, 1.165) is 22.0 Å². The monoisotopic (exact) mass is 456 g/mol. The van der Waals surface area contributed by atoms with Gasteiger partial charge in [-0.25, -0.2) is 0 Å². The van der Waals surface area contributed by atoms with Crippen molar-refractivity contribution >= 4 is 49.5 Å². The summed E-state index contributed by atoms with van der Waals surface area (Å²) in [7, 11) is 0. The number of hydrogen-bond acceptors (Lipinski definition) is 2. The van der Waals surface area contributed by atoms with E-state index >= 15 is 0 Å². The summed E-state index contributed by atoms with van der Waals surface area (Å²) in [5, 5.41) is 7.80. The molecule has 0 spiro atoms. The van der Waals surface area contributed by atoms with Crippen molar-refractivity contribution in [3.8, 4) is 0 Å². The molecule has 0 aliphatic carbocycles. The molecule has 126 valence electrons. The summed E-state index contributed by atoms with van der Waals surface area (Å²) < 4.78 is 0. The number of hydrogen-bond donors (Lipinski definition) is 2. The summed E-state index contributed by atoms with van der Waals surface area (Å²) in [6.07, 6.45) is 0. The van der Waals surface area contributed by atoms with Gasteiger partial charge in [0.2, 0.25) is 0 Å². The molecule has 0 unspecified atom stereocenters. The van der Waals surface area contributed by atoms with Gasteiger partial charge < -0.3 is 0 Å². The molecule has 0 atom stereocenters. The molecule has 0 heterocycles. The van der Waals surface area contributed by atoms with E-state index in [1.807, 2.05) is 36.4 Å². The van der Waals surface area contributed by atoms with Crippen LogP contribution in [0.4, 0.5) is 11.4 Å². The third-order valence-corrected chi connectivity index (χ3v) is 9.70. The number of anilines is 2. The zero-order valence-corrected chi connectivity index (χ0v) is 17.1. The normalized spacial score (nSPS) is 10.2. The van der Waals surface area contributed by atoms with E-state index in [1.54, 1.807) is 0 Å². The molecule has 2 amide bonds. The summed E-state index contributed by atoms with van der Waals surface area (Å²) in [6, 6.07) is 16.0. The summed E-state index contributed by atoms with van der Waals surface area (Å²) in [6.45, 7) is 3.07. The number of amides is 2. The Morgan fingerprint density at radius 3 is 1.50 bits per heavy atom. The second-order valence-electron chi connectivity index (χ2n) is 5.20. The quantitative estimate of drug-likeness (QED) is 0.500. The Kier molecular flexibility index (Phi) is 7.54. The van der Waals surface area contributed by atoms with E-state index in [2.05, 4.69) is 22.8 Å². The van der Waals surface area contributed by atoms with Crippen LogP contribution in [0.15, 0.2) is 48.5 Å². The van der Waals surface area contributed by atoms with Gasteiger partial charge in [-0.1, -0.05) is 0 Å². The van der Waals surface area contributed by atoms with Crippen LogP contribution in [-0.2, 0) is 20.2 Å². The Morgan fingerprint density at radius 1 is 0.750 bits per heavy atom. The second-order valence-corrected chi connectivity index (χ2v) is 12.5. The molecule has 0 fully saturated rings. The van der Waals surface area contributed by atoms with Crippen molar-refractivity contribution in [1.82, 2.24) is 0 Å². The van der Waals surface area contributed by atoms with Gasteiger partial charge in [0.05, 0.1) is 0 Å². The van der Waals surface area contributed by atoms with E-state index in [4.69, 9.17) is 0 Å². The number of nitrogens with one attached hydrogen (secondary N) is 2. The van der Waals surface area contributed by atoms with Gasteiger partial charge in [-0.3, -0.25) is 0 Å². The molecule has 0 aliphatic heterocycles. The van der Waals surface area contributed by atoms with E-state index < -0.39 is 0 Å². The van der Waals surface area contributed by atoms with E-state index in [9.17, 15) is 9.59 Å². The van der Waals surface area contributed by atoms with Crippen LogP contribution in [0.5, 0.6) is 0 Å². The minimum absolute atomic E-state index is 0.0373. The van der Waals surface area contributed by atoms with Crippen LogP contribution in [0, 0.1) is 0 Å². The second kappa shape index (κ2) is 9.65. The number of benzene rings is 2. The topological polar surface area (TPSA) is 58.2 Å². The first-order valence-corrected chi connectivity index (χ1v) is 14.3. The van der Waals surface area contributed by atoms with Gasteiger partial charge in [-0.15, -0.1) is 0 Å². The fourth-order valence-electron chi connectivity index (χ4n) is 2.13. The molecular weight excluding hydrogens is 434 g/mol. The molecule has 24 heavy (non-hydrogen) atoms. The predicted molar refractivity (Wildman–Crippen MR) is 100 cm³/mol. The maximum atomic E-state index is 11.3. The molecule has 2 N–H and O–H groups in total. The van der Waals surface area contributed by atoms with Gasteiger partial charge in [-0.2, -0.15) is 0 Å². The number of carbonyl (C=O) groups is 2. The van der Waals surface area contributed by atoms with Crippen molar-refractivity contribution in [3.05, 3.63) is 59.7 Å². The third kappa shape index (κ3) is 6.14. The number of para-hydroxylation sites is 2. The SMILES string of the molecule is CC(=O)Nc1ccccc1C[Se][Se]Cc1ccccc1NC(C)=O. The Balaban J connectivity index is 1.90. The van der Waals surface area contributed by atoms with Crippen molar-refractivity contribution in [2.24, 2.45) is 0 Å². The molecule has 0 saturated heterocycles. The number of rotatable bonds is 7. The van der Waals surface area contributed by atoms with Crippen LogP contribution in [0.1, 0.15) is 25.0 Å². The summed E-state index contributed by atoms with van der Waals surface area (Å²) in [4.78, 5) is 22.5. The molecule has 0 bridgehead atoms. The third-order valence-electron chi connectivity index (χ3n) is 3.17. The summed E-state index contributed by atoms with van der Waals surface area (Å²) in [5.74, 6) is -0.0746. The van der Waals surface area contributed by atoms with Gasteiger partial charge >= 0.3 is 154 Å². The first-order chi connectivity index (χ1) is 11.6. The summed E-state index contributed by atoms with van der Waals surface area (Å²) >= 11 is 0.982. The Morgan fingerprint density at radius 2 is 1.12 bits per heavy atom. The average Bonchev–Trinajstić information content (AvgIpc) is 2.53.